The molecular formula is C23H23N3O5S. The topological polar surface area (TPSA) is 107 Å². The quantitative estimate of drug-likeness (QED) is 0.482. The fraction of sp³-hybridized carbons (Fsp3) is 0.217. The Balaban J connectivity index is 1.41. The molecule has 0 fully saturated rings. The zero-order valence-electron chi connectivity index (χ0n) is 17.7. The molecule has 0 bridgehead atoms. The van der Waals surface area contributed by atoms with Gasteiger partial charge in [-0.15, -0.1) is 11.3 Å². The van der Waals surface area contributed by atoms with E-state index in [1.165, 1.54) is 18.4 Å². The summed E-state index contributed by atoms with van der Waals surface area (Å²) in [6.07, 6.45) is 0.130. The third-order valence-electron chi connectivity index (χ3n) is 4.46. The lowest BCUT2D eigenvalue weighted by molar-refractivity contribution is -0.143. The molecule has 9 heteroatoms. The number of amides is 2. The van der Waals surface area contributed by atoms with Crippen molar-refractivity contribution in [1.82, 2.24) is 10.3 Å². The second-order valence-corrected chi connectivity index (χ2v) is 7.79. The number of hydrogen-bond donors (Lipinski definition) is 2. The summed E-state index contributed by atoms with van der Waals surface area (Å²) in [6.45, 7) is 1.62. The zero-order valence-corrected chi connectivity index (χ0v) is 18.5. The number of methoxy groups -OCH3 is 1. The molecule has 2 amide bonds. The average Bonchev–Trinajstić information content (AvgIpc) is 3.24. The van der Waals surface area contributed by atoms with Crippen LogP contribution in [0.2, 0.25) is 0 Å². The Labute approximate surface area is 189 Å². The van der Waals surface area contributed by atoms with Crippen LogP contribution in [-0.2, 0) is 27.4 Å². The minimum atomic E-state index is -0.585. The lowest BCUT2D eigenvalue weighted by Gasteiger charge is -2.07. The van der Waals surface area contributed by atoms with E-state index in [0.717, 1.165) is 11.3 Å². The molecule has 0 aliphatic heterocycles. The third-order valence-corrected chi connectivity index (χ3v) is 5.35. The lowest BCUT2D eigenvalue weighted by Crippen LogP contribution is -2.30. The van der Waals surface area contributed by atoms with Gasteiger partial charge in [-0.2, -0.15) is 0 Å². The van der Waals surface area contributed by atoms with Crippen molar-refractivity contribution in [1.29, 1.82) is 0 Å². The summed E-state index contributed by atoms with van der Waals surface area (Å²) < 4.78 is 10.2. The molecule has 0 radical (unpaired) electrons. The summed E-state index contributed by atoms with van der Waals surface area (Å²) in [7, 11) is 1.54. The van der Waals surface area contributed by atoms with Gasteiger partial charge in [-0.1, -0.05) is 18.2 Å². The van der Waals surface area contributed by atoms with Crippen LogP contribution >= 0.6 is 11.3 Å². The van der Waals surface area contributed by atoms with Crippen LogP contribution in [0.5, 0.6) is 5.75 Å². The number of ether oxygens (including phenoxy) is 2. The number of rotatable bonds is 9. The minimum Gasteiger partial charge on any atom is -0.497 e. The fourth-order valence-electron chi connectivity index (χ4n) is 2.74. The molecule has 0 unspecified atom stereocenters. The van der Waals surface area contributed by atoms with Crippen LogP contribution in [0.3, 0.4) is 0 Å². The van der Waals surface area contributed by atoms with Gasteiger partial charge in [0, 0.05) is 16.6 Å². The Morgan fingerprint density at radius 3 is 2.53 bits per heavy atom. The van der Waals surface area contributed by atoms with E-state index < -0.39 is 5.97 Å². The molecule has 2 aromatic carbocycles. The second kappa shape index (κ2) is 11.1. The number of carbonyl (C=O) groups is 3. The number of anilines is 1. The molecule has 2 N–H and O–H groups in total. The Bertz CT molecular complexity index is 1100. The van der Waals surface area contributed by atoms with Crippen molar-refractivity contribution in [2.24, 2.45) is 0 Å². The Kier molecular flexibility index (Phi) is 7.93. The molecule has 0 saturated carbocycles. The van der Waals surface area contributed by atoms with E-state index in [9.17, 15) is 14.4 Å². The number of para-hydroxylation sites is 1. The first kappa shape index (κ1) is 23.0. The molecule has 166 valence electrons. The van der Waals surface area contributed by atoms with Crippen LogP contribution in [0, 0.1) is 6.92 Å². The molecule has 0 spiro atoms. The van der Waals surface area contributed by atoms with Gasteiger partial charge in [0.1, 0.15) is 23.9 Å². The molecule has 0 aliphatic rings. The first-order valence-corrected chi connectivity index (χ1v) is 10.7. The van der Waals surface area contributed by atoms with E-state index in [-0.39, 0.29) is 31.4 Å². The minimum absolute atomic E-state index is 0.0346. The highest BCUT2D eigenvalue weighted by Gasteiger charge is 2.12. The molecule has 1 heterocycles. The molecule has 0 saturated heterocycles. The van der Waals surface area contributed by atoms with Crippen LogP contribution in [0.4, 0.5) is 5.69 Å². The van der Waals surface area contributed by atoms with Crippen molar-refractivity contribution in [3.63, 3.8) is 0 Å². The number of aromatic nitrogens is 1. The molecule has 8 nitrogen and oxygen atoms in total. The van der Waals surface area contributed by atoms with Gasteiger partial charge in [-0.3, -0.25) is 14.4 Å². The Hall–Kier alpha value is -3.72. The summed E-state index contributed by atoms with van der Waals surface area (Å²) in [5.41, 5.74) is 2.70. The number of esters is 1. The summed E-state index contributed by atoms with van der Waals surface area (Å²) in [4.78, 5) is 40.6. The maximum absolute atomic E-state index is 12.2. The van der Waals surface area contributed by atoms with Gasteiger partial charge in [-0.05, 0) is 42.8 Å². The van der Waals surface area contributed by atoms with Crippen molar-refractivity contribution < 1.29 is 23.9 Å². The van der Waals surface area contributed by atoms with Gasteiger partial charge in [0.2, 0.25) is 5.91 Å². The van der Waals surface area contributed by atoms with Gasteiger partial charge in [0.05, 0.1) is 19.2 Å². The van der Waals surface area contributed by atoms with Crippen LogP contribution in [0.1, 0.15) is 26.6 Å². The van der Waals surface area contributed by atoms with Crippen LogP contribution in [-0.4, -0.2) is 36.4 Å². The molecule has 1 aromatic heterocycles. The highest BCUT2D eigenvalue weighted by molar-refractivity contribution is 7.09. The van der Waals surface area contributed by atoms with Gasteiger partial charge in [0.25, 0.3) is 5.91 Å². The van der Waals surface area contributed by atoms with Crippen LogP contribution in [0.25, 0.3) is 0 Å². The van der Waals surface area contributed by atoms with E-state index in [1.807, 2.05) is 31.2 Å². The first-order valence-electron chi connectivity index (χ1n) is 9.81. The first-order chi connectivity index (χ1) is 15.4. The number of thiazole rings is 1. The van der Waals surface area contributed by atoms with E-state index in [4.69, 9.17) is 9.47 Å². The fourth-order valence-corrected chi connectivity index (χ4v) is 3.52. The highest BCUT2D eigenvalue weighted by Crippen LogP contribution is 2.16. The van der Waals surface area contributed by atoms with E-state index in [2.05, 4.69) is 15.6 Å². The van der Waals surface area contributed by atoms with Crippen molar-refractivity contribution in [2.75, 3.05) is 19.0 Å². The third kappa shape index (κ3) is 6.64. The van der Waals surface area contributed by atoms with Crippen LogP contribution < -0.4 is 15.4 Å². The van der Waals surface area contributed by atoms with Crippen LogP contribution in [0.15, 0.2) is 53.9 Å². The largest absolute Gasteiger partial charge is 0.497 e. The number of nitrogens with one attached hydrogen (secondary N) is 2. The summed E-state index contributed by atoms with van der Waals surface area (Å²) in [5.74, 6) is -0.506. The number of hydrogen-bond acceptors (Lipinski definition) is 7. The molecule has 0 aliphatic carbocycles. The van der Waals surface area contributed by atoms with Crippen molar-refractivity contribution in [2.45, 2.75) is 20.0 Å². The van der Waals surface area contributed by atoms with E-state index >= 15 is 0 Å². The predicted octanol–water partition coefficient (Wildman–Crippen LogP) is 3.11. The smallest absolute Gasteiger partial charge is 0.325 e. The molecule has 3 rings (SSSR count). The zero-order chi connectivity index (χ0) is 22.9. The van der Waals surface area contributed by atoms with Gasteiger partial charge in [-0.25, -0.2) is 4.98 Å². The lowest BCUT2D eigenvalue weighted by atomic mass is 10.2. The van der Waals surface area contributed by atoms with Gasteiger partial charge < -0.3 is 20.1 Å². The average molecular weight is 454 g/mol. The molecular weight excluding hydrogens is 430 g/mol. The number of aryl methyl sites for hydroxylation is 1. The summed E-state index contributed by atoms with van der Waals surface area (Å²) in [6, 6.07) is 14.1. The van der Waals surface area contributed by atoms with Gasteiger partial charge in [0.15, 0.2) is 0 Å². The van der Waals surface area contributed by atoms with E-state index in [0.29, 0.717) is 22.0 Å². The number of nitrogens with zero attached hydrogens (tertiary/aromatic N) is 1. The van der Waals surface area contributed by atoms with Crippen molar-refractivity contribution in [3.8, 4) is 5.75 Å². The number of carbonyl (C=O) groups excluding carboxylic acids is 3. The Morgan fingerprint density at radius 1 is 1.06 bits per heavy atom. The van der Waals surface area contributed by atoms with Crippen molar-refractivity contribution >= 4 is 34.8 Å². The van der Waals surface area contributed by atoms with Gasteiger partial charge >= 0.3 is 5.97 Å². The maximum Gasteiger partial charge on any atom is 0.325 e. The summed E-state index contributed by atoms with van der Waals surface area (Å²) in [5, 5.41) is 7.72. The second-order valence-electron chi connectivity index (χ2n) is 6.84. The monoisotopic (exact) mass is 453 g/mol. The standard InChI is InChI=1S/C23H23N3O5S/c1-15-5-3-4-6-19(15)26-20(27)11-21-25-17(14-32-21)13-31-22(28)12-24-23(29)16-7-9-18(30-2)10-8-16/h3-10,14H,11-13H2,1-2H3,(H,24,29)(H,26,27). The highest BCUT2D eigenvalue weighted by atomic mass is 32.1. The number of benzene rings is 2. The molecule has 3 aromatic rings. The van der Waals surface area contributed by atoms with Crippen molar-refractivity contribution in [3.05, 3.63) is 75.7 Å². The molecule has 32 heavy (non-hydrogen) atoms. The summed E-state index contributed by atoms with van der Waals surface area (Å²) >= 11 is 1.32. The Morgan fingerprint density at radius 2 is 1.81 bits per heavy atom. The SMILES string of the molecule is COc1ccc(C(=O)NCC(=O)OCc2csc(CC(=O)Nc3ccccc3C)n2)cc1. The normalized spacial score (nSPS) is 10.3. The van der Waals surface area contributed by atoms with E-state index in [1.54, 1.807) is 29.6 Å². The molecule has 0 atom stereocenters. The predicted molar refractivity (Wildman–Crippen MR) is 121 cm³/mol. The maximum atomic E-state index is 12.2.